The van der Waals surface area contributed by atoms with E-state index in [1.54, 1.807) is 4.52 Å². The molecule has 0 aliphatic heterocycles. The number of carbonyl (C=O) groups is 1. The summed E-state index contributed by atoms with van der Waals surface area (Å²) >= 11 is 0. The molecule has 4 N–H and O–H groups in total. The molecule has 2 atom stereocenters. The molecule has 3 rings (SSSR count). The van der Waals surface area contributed by atoms with Crippen LogP contribution in [0.2, 0.25) is 0 Å². The number of primary amides is 1. The lowest BCUT2D eigenvalue weighted by Crippen LogP contribution is -2.38. The van der Waals surface area contributed by atoms with Gasteiger partial charge in [0.2, 0.25) is 0 Å². The predicted octanol–water partition coefficient (Wildman–Crippen LogP) is 1.39. The van der Waals surface area contributed by atoms with Gasteiger partial charge >= 0.3 is 0 Å². The van der Waals surface area contributed by atoms with Gasteiger partial charge in [-0.3, -0.25) is 4.79 Å². The molecule has 1 saturated carbocycles. The van der Waals surface area contributed by atoms with Crippen molar-refractivity contribution >= 4 is 17.1 Å². The Balaban J connectivity index is 2.05. The fourth-order valence-electron chi connectivity index (χ4n) is 3.07. The summed E-state index contributed by atoms with van der Waals surface area (Å²) in [5.74, 6) is -0.509. The van der Waals surface area contributed by atoms with Crippen molar-refractivity contribution < 1.29 is 9.90 Å². The molecule has 1 fully saturated rings. The lowest BCUT2D eigenvalue weighted by Gasteiger charge is -2.32. The number of aliphatic hydroxyl groups excluding tert-OH is 1. The number of nitrogens with zero attached hydrogens (tertiary/aromatic N) is 2. The Morgan fingerprint density at radius 1 is 1.52 bits per heavy atom. The smallest absolute Gasteiger partial charge is 0.252 e. The van der Waals surface area contributed by atoms with Gasteiger partial charge in [-0.2, -0.15) is 5.10 Å². The lowest BCUT2D eigenvalue weighted by molar-refractivity contribution is 0.0748. The minimum atomic E-state index is -0.509. The number of aliphatic hydroxyl groups is 1. The number of anilines is 1. The first-order valence-electron chi connectivity index (χ1n) is 7.12. The second-order valence-corrected chi connectivity index (χ2v) is 6.25. The Labute approximate surface area is 122 Å². The van der Waals surface area contributed by atoms with E-state index in [4.69, 9.17) is 5.73 Å². The van der Waals surface area contributed by atoms with Gasteiger partial charge in [-0.15, -0.1) is 0 Å². The van der Waals surface area contributed by atoms with Gasteiger partial charge in [0.05, 0.1) is 29.1 Å². The van der Waals surface area contributed by atoms with Crippen LogP contribution >= 0.6 is 0 Å². The molecule has 2 aromatic rings. The Morgan fingerprint density at radius 2 is 2.29 bits per heavy atom. The minimum Gasteiger partial charge on any atom is -0.392 e. The fraction of sp³-hybridized carbons (Fsp3) is 0.467. The van der Waals surface area contributed by atoms with E-state index in [2.05, 4.69) is 10.4 Å². The molecule has 1 amide bonds. The monoisotopic (exact) mass is 288 g/mol. The normalized spacial score (nSPS) is 24.3. The first-order chi connectivity index (χ1) is 9.91. The molecule has 0 unspecified atom stereocenters. The molecule has 2 heterocycles. The van der Waals surface area contributed by atoms with Gasteiger partial charge in [0.15, 0.2) is 0 Å². The zero-order valence-electron chi connectivity index (χ0n) is 12.2. The summed E-state index contributed by atoms with van der Waals surface area (Å²) in [5, 5.41) is 17.7. The van der Waals surface area contributed by atoms with Crippen molar-refractivity contribution in [2.75, 3.05) is 5.32 Å². The van der Waals surface area contributed by atoms with Crippen molar-refractivity contribution in [1.82, 2.24) is 9.61 Å². The summed E-state index contributed by atoms with van der Waals surface area (Å²) in [6.45, 7) is 4.06. The van der Waals surface area contributed by atoms with E-state index < -0.39 is 5.91 Å². The van der Waals surface area contributed by atoms with Crippen LogP contribution in [0.3, 0.4) is 0 Å². The molecule has 21 heavy (non-hydrogen) atoms. The molecule has 6 nitrogen and oxygen atoms in total. The molecule has 6 heteroatoms. The highest BCUT2D eigenvalue weighted by Gasteiger charge is 2.42. The maximum Gasteiger partial charge on any atom is 0.252 e. The van der Waals surface area contributed by atoms with E-state index in [1.807, 2.05) is 32.2 Å². The van der Waals surface area contributed by atoms with E-state index >= 15 is 0 Å². The number of nitrogens with one attached hydrogen (secondary N) is 1. The van der Waals surface area contributed by atoms with Crippen LogP contribution in [-0.4, -0.2) is 32.8 Å². The van der Waals surface area contributed by atoms with Gasteiger partial charge in [-0.25, -0.2) is 4.52 Å². The minimum absolute atomic E-state index is 0.0756. The standard InChI is InChI=1S/C15H20N4O2/c1-15(2)11(5-6-12(15)20)18-13-9(14(16)21)8-17-19-7-3-4-10(13)19/h3-4,7-8,11-12,18,20H,5-6H2,1-2H3,(H2,16,21)/t11-,12-/m0/s1. The summed E-state index contributed by atoms with van der Waals surface area (Å²) < 4.78 is 1.70. The van der Waals surface area contributed by atoms with Gasteiger partial charge in [0.1, 0.15) is 0 Å². The highest BCUT2D eigenvalue weighted by Crippen LogP contribution is 2.40. The molecule has 0 bridgehead atoms. The van der Waals surface area contributed by atoms with E-state index in [-0.39, 0.29) is 17.6 Å². The summed E-state index contributed by atoms with van der Waals surface area (Å²) in [6, 6.07) is 3.83. The maximum atomic E-state index is 11.7. The van der Waals surface area contributed by atoms with E-state index in [0.29, 0.717) is 11.3 Å². The Hall–Kier alpha value is -2.08. The average molecular weight is 288 g/mol. The van der Waals surface area contributed by atoms with E-state index in [9.17, 15) is 9.90 Å². The summed E-state index contributed by atoms with van der Waals surface area (Å²) in [6.07, 6.45) is 4.55. The third kappa shape index (κ3) is 2.15. The Kier molecular flexibility index (Phi) is 3.13. The topological polar surface area (TPSA) is 92.6 Å². The molecule has 0 spiro atoms. The zero-order chi connectivity index (χ0) is 15.2. The largest absolute Gasteiger partial charge is 0.392 e. The number of fused-ring (bicyclic) bond motifs is 1. The summed E-state index contributed by atoms with van der Waals surface area (Å²) in [5.41, 5.74) is 7.08. The van der Waals surface area contributed by atoms with Crippen molar-refractivity contribution in [3.8, 4) is 0 Å². The highest BCUT2D eigenvalue weighted by molar-refractivity contribution is 6.01. The van der Waals surface area contributed by atoms with Crippen LogP contribution in [0.15, 0.2) is 24.5 Å². The van der Waals surface area contributed by atoms with Gasteiger partial charge in [-0.05, 0) is 25.0 Å². The SMILES string of the molecule is CC1(C)[C@@H](Nc2c(C(N)=O)cnn3cccc23)CC[C@@H]1O. The predicted molar refractivity (Wildman–Crippen MR) is 80.1 cm³/mol. The van der Waals surface area contributed by atoms with Crippen LogP contribution < -0.4 is 11.1 Å². The fourth-order valence-corrected chi connectivity index (χ4v) is 3.07. The molecular formula is C15H20N4O2. The van der Waals surface area contributed by atoms with E-state index in [1.165, 1.54) is 6.20 Å². The second-order valence-electron chi connectivity index (χ2n) is 6.25. The van der Waals surface area contributed by atoms with Crippen LogP contribution in [0.4, 0.5) is 5.69 Å². The van der Waals surface area contributed by atoms with Crippen molar-refractivity contribution in [2.45, 2.75) is 38.8 Å². The third-order valence-corrected chi connectivity index (χ3v) is 4.63. The summed E-state index contributed by atoms with van der Waals surface area (Å²) in [7, 11) is 0. The highest BCUT2D eigenvalue weighted by atomic mass is 16.3. The third-order valence-electron chi connectivity index (χ3n) is 4.63. The Bertz CT molecular complexity index is 692. The molecule has 0 radical (unpaired) electrons. The molecule has 2 aromatic heterocycles. The van der Waals surface area contributed by atoms with Crippen LogP contribution in [0.5, 0.6) is 0 Å². The van der Waals surface area contributed by atoms with Crippen molar-refractivity contribution in [3.63, 3.8) is 0 Å². The van der Waals surface area contributed by atoms with Crippen molar-refractivity contribution in [2.24, 2.45) is 11.1 Å². The van der Waals surface area contributed by atoms with Gasteiger partial charge in [-0.1, -0.05) is 13.8 Å². The molecule has 1 aliphatic carbocycles. The number of nitrogens with two attached hydrogens (primary N) is 1. The number of amides is 1. The quantitative estimate of drug-likeness (QED) is 0.796. The van der Waals surface area contributed by atoms with Crippen LogP contribution in [0.25, 0.3) is 5.52 Å². The van der Waals surface area contributed by atoms with E-state index in [0.717, 1.165) is 18.4 Å². The van der Waals surface area contributed by atoms with Gasteiger partial charge < -0.3 is 16.2 Å². The molecule has 0 aromatic carbocycles. The van der Waals surface area contributed by atoms with Crippen LogP contribution in [0, 0.1) is 5.41 Å². The molecule has 1 aliphatic rings. The number of hydrogen-bond donors (Lipinski definition) is 3. The van der Waals surface area contributed by atoms with Crippen LogP contribution in [0.1, 0.15) is 37.0 Å². The lowest BCUT2D eigenvalue weighted by atomic mass is 9.85. The van der Waals surface area contributed by atoms with Crippen LogP contribution in [-0.2, 0) is 0 Å². The number of hydrogen-bond acceptors (Lipinski definition) is 4. The first-order valence-corrected chi connectivity index (χ1v) is 7.12. The second kappa shape index (κ2) is 4.73. The number of aromatic nitrogens is 2. The summed E-state index contributed by atoms with van der Waals surface area (Å²) in [4.78, 5) is 11.7. The Morgan fingerprint density at radius 3 is 2.90 bits per heavy atom. The molecule has 0 saturated heterocycles. The van der Waals surface area contributed by atoms with Gasteiger partial charge in [0, 0.05) is 17.7 Å². The maximum absolute atomic E-state index is 11.7. The average Bonchev–Trinajstić information content (AvgIpc) is 2.98. The molecular weight excluding hydrogens is 268 g/mol. The first kappa shape index (κ1) is 13.9. The number of carbonyl (C=O) groups excluding carboxylic acids is 1. The van der Waals surface area contributed by atoms with Crippen molar-refractivity contribution in [1.29, 1.82) is 0 Å². The molecule has 112 valence electrons. The number of rotatable bonds is 3. The van der Waals surface area contributed by atoms with Gasteiger partial charge in [0.25, 0.3) is 5.91 Å². The van der Waals surface area contributed by atoms with Crippen molar-refractivity contribution in [3.05, 3.63) is 30.1 Å². The zero-order valence-corrected chi connectivity index (χ0v) is 12.2.